The average Bonchev–Trinajstić information content (AvgIpc) is 3.25. The molecule has 0 spiro atoms. The molecule has 1 aliphatic carbocycles. The molecule has 0 saturated heterocycles. The Morgan fingerprint density at radius 3 is 2.31 bits per heavy atom. The highest BCUT2D eigenvalue weighted by molar-refractivity contribution is 5.72. The zero-order chi connectivity index (χ0) is 21.9. The average molecular weight is 431 g/mol. The van der Waals surface area contributed by atoms with Gasteiger partial charge in [0.15, 0.2) is 11.2 Å². The van der Waals surface area contributed by atoms with Gasteiger partial charge in [-0.1, -0.05) is 55.7 Å². The summed E-state index contributed by atoms with van der Waals surface area (Å²) in [7, 11) is 0. The summed E-state index contributed by atoms with van der Waals surface area (Å²) in [5, 5.41) is 0. The molecule has 2 aromatic carbocycles. The second-order valence-corrected chi connectivity index (χ2v) is 8.19. The molecule has 164 valence electrons. The van der Waals surface area contributed by atoms with Crippen LogP contribution in [-0.2, 0) is 6.54 Å². The molecule has 7 nitrogen and oxygen atoms in total. The molecule has 0 atom stereocenters. The van der Waals surface area contributed by atoms with Crippen molar-refractivity contribution >= 4 is 11.2 Å². The number of ether oxygens (including phenoxy) is 1. The summed E-state index contributed by atoms with van der Waals surface area (Å²) in [6.45, 7) is 0.848. The summed E-state index contributed by atoms with van der Waals surface area (Å²) in [6.07, 6.45) is 6.54. The second-order valence-electron chi connectivity index (χ2n) is 8.19. The highest BCUT2D eigenvalue weighted by Gasteiger charge is 2.25. The summed E-state index contributed by atoms with van der Waals surface area (Å²) in [6, 6.07) is 18.9. The Hall–Kier alpha value is -3.61. The van der Waals surface area contributed by atoms with Gasteiger partial charge in [-0.15, -0.1) is 0 Å². The van der Waals surface area contributed by atoms with E-state index in [9.17, 15) is 9.59 Å². The summed E-state index contributed by atoms with van der Waals surface area (Å²) in [5.41, 5.74) is 0.958. The third-order valence-electron chi connectivity index (χ3n) is 6.15. The van der Waals surface area contributed by atoms with Crippen LogP contribution in [0.15, 0.2) is 76.6 Å². The fourth-order valence-corrected chi connectivity index (χ4v) is 4.57. The topological polar surface area (TPSA) is 71.1 Å². The molecule has 2 heterocycles. The van der Waals surface area contributed by atoms with Crippen molar-refractivity contribution in [3.63, 3.8) is 0 Å². The van der Waals surface area contributed by atoms with Crippen molar-refractivity contribution in [3.05, 3.63) is 87.8 Å². The van der Waals surface area contributed by atoms with Crippen LogP contribution in [-0.4, -0.2) is 25.3 Å². The molecule has 0 N–H and O–H groups in total. The Balaban J connectivity index is 1.61. The Labute approximate surface area is 185 Å². The maximum atomic E-state index is 13.6. The molecule has 32 heavy (non-hydrogen) atoms. The van der Waals surface area contributed by atoms with Crippen LogP contribution in [0.3, 0.4) is 0 Å². The Bertz CT molecular complexity index is 1320. The van der Waals surface area contributed by atoms with Crippen molar-refractivity contribution < 1.29 is 4.74 Å². The van der Waals surface area contributed by atoms with E-state index in [1.165, 1.54) is 4.57 Å². The van der Waals surface area contributed by atoms with Crippen LogP contribution in [0.4, 0.5) is 0 Å². The summed E-state index contributed by atoms with van der Waals surface area (Å²) in [5.74, 6) is 0.776. The minimum absolute atomic E-state index is 0.0768. The molecule has 0 bridgehead atoms. The number of benzene rings is 2. The fraction of sp³-hybridized carbons (Fsp3) is 0.320. The van der Waals surface area contributed by atoms with Crippen LogP contribution in [0.1, 0.15) is 38.1 Å². The summed E-state index contributed by atoms with van der Waals surface area (Å²) < 4.78 is 10.7. The van der Waals surface area contributed by atoms with E-state index >= 15 is 0 Å². The summed E-state index contributed by atoms with van der Waals surface area (Å²) in [4.78, 5) is 31.6. The first-order valence-corrected chi connectivity index (χ1v) is 11.2. The lowest BCUT2D eigenvalue weighted by molar-refractivity contribution is 0.299. The molecular formula is C25H26N4O3. The molecular weight excluding hydrogens is 404 g/mol. The molecule has 0 unspecified atom stereocenters. The SMILES string of the molecule is O=c1c2c(ncn2CCOc2ccccc2)n(-c2ccccc2)c(=O)n1C1CCCCC1. The number of hydrogen-bond acceptors (Lipinski definition) is 4. The Morgan fingerprint density at radius 1 is 0.906 bits per heavy atom. The highest BCUT2D eigenvalue weighted by atomic mass is 16.5. The predicted molar refractivity (Wildman–Crippen MR) is 124 cm³/mol. The molecule has 0 aliphatic heterocycles. The summed E-state index contributed by atoms with van der Waals surface area (Å²) >= 11 is 0. The van der Waals surface area contributed by atoms with Crippen molar-refractivity contribution in [1.29, 1.82) is 0 Å². The van der Waals surface area contributed by atoms with E-state index in [0.29, 0.717) is 30.0 Å². The van der Waals surface area contributed by atoms with E-state index in [1.54, 1.807) is 15.5 Å². The zero-order valence-corrected chi connectivity index (χ0v) is 17.9. The van der Waals surface area contributed by atoms with Gasteiger partial charge in [-0.2, -0.15) is 0 Å². The molecule has 1 fully saturated rings. The van der Waals surface area contributed by atoms with Crippen molar-refractivity contribution in [2.75, 3.05) is 6.61 Å². The number of nitrogens with zero attached hydrogens (tertiary/aromatic N) is 4. The van der Waals surface area contributed by atoms with Gasteiger partial charge in [0.05, 0.1) is 18.6 Å². The largest absolute Gasteiger partial charge is 0.492 e. The van der Waals surface area contributed by atoms with E-state index in [2.05, 4.69) is 4.98 Å². The van der Waals surface area contributed by atoms with E-state index < -0.39 is 0 Å². The zero-order valence-electron chi connectivity index (χ0n) is 17.9. The third kappa shape index (κ3) is 3.75. The Kier molecular flexibility index (Phi) is 5.62. The first kappa shape index (κ1) is 20.3. The number of para-hydroxylation sites is 2. The van der Waals surface area contributed by atoms with E-state index in [-0.39, 0.29) is 17.3 Å². The minimum Gasteiger partial charge on any atom is -0.492 e. The molecule has 0 amide bonds. The first-order valence-electron chi connectivity index (χ1n) is 11.2. The smallest absolute Gasteiger partial charge is 0.337 e. The maximum Gasteiger partial charge on any atom is 0.337 e. The quantitative estimate of drug-likeness (QED) is 0.465. The molecule has 4 aromatic rings. The minimum atomic E-state index is -0.314. The lowest BCUT2D eigenvalue weighted by Gasteiger charge is -2.24. The molecule has 1 saturated carbocycles. The van der Waals surface area contributed by atoms with E-state index in [1.807, 2.05) is 60.7 Å². The van der Waals surface area contributed by atoms with Crippen molar-refractivity contribution in [2.45, 2.75) is 44.7 Å². The fourth-order valence-electron chi connectivity index (χ4n) is 4.57. The van der Waals surface area contributed by atoms with Gasteiger partial charge in [0.25, 0.3) is 5.56 Å². The molecule has 7 heteroatoms. The molecule has 5 rings (SSSR count). The van der Waals surface area contributed by atoms with Crippen molar-refractivity contribution in [2.24, 2.45) is 0 Å². The first-order chi connectivity index (χ1) is 15.7. The van der Waals surface area contributed by atoms with Crippen molar-refractivity contribution in [1.82, 2.24) is 18.7 Å². The van der Waals surface area contributed by atoms with E-state index in [4.69, 9.17) is 4.74 Å². The van der Waals surface area contributed by atoms with Gasteiger partial charge in [0, 0.05) is 6.04 Å². The van der Waals surface area contributed by atoms with Crippen LogP contribution in [0.5, 0.6) is 5.75 Å². The second kappa shape index (κ2) is 8.86. The predicted octanol–water partition coefficient (Wildman–Crippen LogP) is 3.93. The molecule has 0 radical (unpaired) electrons. The number of imidazole rings is 1. The van der Waals surface area contributed by atoms with Crippen LogP contribution in [0, 0.1) is 0 Å². The van der Waals surface area contributed by atoms with Crippen molar-refractivity contribution in [3.8, 4) is 11.4 Å². The van der Waals surface area contributed by atoms with Gasteiger partial charge in [0.2, 0.25) is 0 Å². The monoisotopic (exact) mass is 430 g/mol. The standard InChI is InChI=1S/C25H26N4O3/c30-24-22-23(26-18-27(22)16-17-32-21-14-8-3-9-15-21)28(19-10-4-1-5-11-19)25(31)29(24)20-12-6-2-7-13-20/h1,3-5,8-11,14-15,18,20H,2,6-7,12-13,16-17H2. The lowest BCUT2D eigenvalue weighted by atomic mass is 9.95. The van der Waals surface area contributed by atoms with Gasteiger partial charge in [-0.25, -0.2) is 14.3 Å². The Morgan fingerprint density at radius 2 is 1.59 bits per heavy atom. The van der Waals surface area contributed by atoms with Gasteiger partial charge in [-0.3, -0.25) is 9.36 Å². The van der Waals surface area contributed by atoms with Gasteiger partial charge in [0.1, 0.15) is 12.4 Å². The number of rotatable bonds is 6. The highest BCUT2D eigenvalue weighted by Crippen LogP contribution is 2.26. The van der Waals surface area contributed by atoms with Crippen LogP contribution in [0.25, 0.3) is 16.9 Å². The van der Waals surface area contributed by atoms with Gasteiger partial charge >= 0.3 is 5.69 Å². The molecule has 1 aliphatic rings. The van der Waals surface area contributed by atoms with Crippen LogP contribution in [0.2, 0.25) is 0 Å². The van der Waals surface area contributed by atoms with Crippen LogP contribution < -0.4 is 16.0 Å². The van der Waals surface area contributed by atoms with Gasteiger partial charge < -0.3 is 9.30 Å². The van der Waals surface area contributed by atoms with Gasteiger partial charge in [-0.05, 0) is 37.1 Å². The number of fused-ring (bicyclic) bond motifs is 1. The number of aromatic nitrogens is 4. The maximum absolute atomic E-state index is 13.6. The third-order valence-corrected chi connectivity index (χ3v) is 6.15. The normalized spacial score (nSPS) is 14.6. The lowest BCUT2D eigenvalue weighted by Crippen LogP contribution is -2.43. The van der Waals surface area contributed by atoms with E-state index in [0.717, 1.165) is 37.9 Å². The number of hydrogen-bond donors (Lipinski definition) is 0. The van der Waals surface area contributed by atoms with Crippen LogP contribution >= 0.6 is 0 Å². The molecule has 2 aromatic heterocycles.